The SMILES string of the molecule is C=C1[C@@H](C(=O)[Si](C)(C)C(C)(C)C)[C@@H](O[Si](C)(C)C(C)(C)C)C[C@@H]1n1cnc2c(OC(C)(C)C)nc(NC(=O)OC(C)(C)C)nc21. The van der Waals surface area contributed by atoms with E-state index in [1.807, 2.05) is 25.3 Å². The van der Waals surface area contributed by atoms with E-state index in [9.17, 15) is 9.59 Å². The number of fused-ring (bicyclic) bond motifs is 1. The molecule has 10 nitrogen and oxygen atoms in total. The lowest BCUT2D eigenvalue weighted by atomic mass is 10.0. The van der Waals surface area contributed by atoms with Crippen LogP contribution in [-0.4, -0.2) is 64.7 Å². The van der Waals surface area contributed by atoms with Crippen molar-refractivity contribution in [2.75, 3.05) is 5.32 Å². The maximum absolute atomic E-state index is 14.6. The highest BCUT2D eigenvalue weighted by Gasteiger charge is 2.54. The van der Waals surface area contributed by atoms with Crippen LogP contribution in [0.2, 0.25) is 36.3 Å². The summed E-state index contributed by atoms with van der Waals surface area (Å²) in [6.45, 7) is 37.5. The Kier molecular flexibility index (Phi) is 9.75. The summed E-state index contributed by atoms with van der Waals surface area (Å²) in [5.41, 5.74) is 0.425. The molecule has 0 unspecified atom stereocenters. The standard InChI is InChI=1S/C33H57N5O5Si2/c1-20-21(18-22(43-45(16,17)33(11,12)13)23(20)27(39)44(14,15)32(8,9)10)38-19-34-24-25(38)35-28(36-26(24)41-30(2,3)4)37-29(40)42-31(5,6)7/h19,21-23H,1,18H2,2-17H3,(H,35,36,37,40)/t21-,22-,23+/m0/s1. The average molecular weight is 660 g/mol. The van der Waals surface area contributed by atoms with E-state index in [0.717, 1.165) is 5.57 Å². The molecule has 1 fully saturated rings. The van der Waals surface area contributed by atoms with Crippen molar-refractivity contribution in [2.24, 2.45) is 5.92 Å². The minimum atomic E-state index is -2.43. The van der Waals surface area contributed by atoms with Crippen LogP contribution in [0, 0.1) is 5.92 Å². The lowest BCUT2D eigenvalue weighted by Gasteiger charge is -2.42. The van der Waals surface area contributed by atoms with Crippen LogP contribution in [-0.2, 0) is 14.0 Å². The smallest absolute Gasteiger partial charge is 0.414 e. The molecular weight excluding hydrogens is 603 g/mol. The van der Waals surface area contributed by atoms with Crippen LogP contribution in [0.15, 0.2) is 18.5 Å². The molecule has 0 saturated heterocycles. The van der Waals surface area contributed by atoms with Gasteiger partial charge in [-0.25, -0.2) is 9.78 Å². The normalized spacial score (nSPS) is 20.4. The fraction of sp³-hybridized carbons (Fsp3) is 0.727. The molecule has 1 aliphatic rings. The first-order valence-corrected chi connectivity index (χ1v) is 21.8. The number of rotatable bonds is 7. The number of carbonyl (C=O) groups is 2. The van der Waals surface area contributed by atoms with Crippen molar-refractivity contribution in [2.45, 2.75) is 149 Å². The number of hydrogen-bond donors (Lipinski definition) is 1. The Hall–Kier alpha value is -2.58. The second-order valence-electron chi connectivity index (χ2n) is 17.5. The van der Waals surface area contributed by atoms with Crippen LogP contribution in [0.1, 0.15) is 95.5 Å². The zero-order valence-electron chi connectivity index (χ0n) is 30.6. The van der Waals surface area contributed by atoms with E-state index >= 15 is 0 Å². The van der Waals surface area contributed by atoms with Gasteiger partial charge in [0, 0.05) is 0 Å². The zero-order valence-corrected chi connectivity index (χ0v) is 32.6. The first kappa shape index (κ1) is 36.9. The van der Waals surface area contributed by atoms with Crippen LogP contribution in [0.3, 0.4) is 0 Å². The largest absolute Gasteiger partial charge is 0.470 e. The summed E-state index contributed by atoms with van der Waals surface area (Å²) in [6, 6.07) is -0.310. The molecule has 2 aromatic heterocycles. The summed E-state index contributed by atoms with van der Waals surface area (Å²) in [5.74, 6) is -0.179. The summed E-state index contributed by atoms with van der Waals surface area (Å²) >= 11 is 0. The number of hydrogen-bond acceptors (Lipinski definition) is 8. The van der Waals surface area contributed by atoms with Crippen LogP contribution >= 0.6 is 0 Å². The first-order valence-electron chi connectivity index (χ1n) is 15.9. The predicted octanol–water partition coefficient (Wildman–Crippen LogP) is 8.48. The summed E-state index contributed by atoms with van der Waals surface area (Å²) in [6.07, 6.45) is 1.25. The molecule has 1 amide bonds. The van der Waals surface area contributed by atoms with E-state index < -0.39 is 39.6 Å². The number of aromatic nitrogens is 4. The van der Waals surface area contributed by atoms with Crippen LogP contribution in [0.25, 0.3) is 11.2 Å². The van der Waals surface area contributed by atoms with Crippen molar-refractivity contribution in [3.05, 3.63) is 18.5 Å². The highest BCUT2D eigenvalue weighted by molar-refractivity contribution is 7.06. The van der Waals surface area contributed by atoms with Gasteiger partial charge in [-0.3, -0.25) is 5.32 Å². The molecule has 3 atom stereocenters. The Balaban J connectivity index is 2.18. The fourth-order valence-corrected chi connectivity index (χ4v) is 8.17. The topological polar surface area (TPSA) is 117 Å². The van der Waals surface area contributed by atoms with E-state index in [1.165, 1.54) is 0 Å². The van der Waals surface area contributed by atoms with Gasteiger partial charge in [0.25, 0.3) is 0 Å². The van der Waals surface area contributed by atoms with E-state index in [4.69, 9.17) is 18.9 Å². The third-order valence-corrected chi connectivity index (χ3v) is 19.2. The monoisotopic (exact) mass is 659 g/mol. The number of amides is 1. The predicted molar refractivity (Wildman–Crippen MR) is 186 cm³/mol. The minimum Gasteiger partial charge on any atom is -0.470 e. The molecule has 0 aliphatic heterocycles. The lowest BCUT2D eigenvalue weighted by Crippen LogP contribution is -2.53. The van der Waals surface area contributed by atoms with Crippen molar-refractivity contribution in [3.63, 3.8) is 0 Å². The molecule has 3 rings (SSSR count). The molecule has 12 heteroatoms. The highest BCUT2D eigenvalue weighted by Crippen LogP contribution is 2.50. The third kappa shape index (κ3) is 8.05. The summed E-state index contributed by atoms with van der Waals surface area (Å²) in [5, 5.41) is 2.75. The van der Waals surface area contributed by atoms with Gasteiger partial charge in [-0.05, 0) is 76.7 Å². The lowest BCUT2D eigenvalue weighted by molar-refractivity contribution is -0.117. The summed E-state index contributed by atoms with van der Waals surface area (Å²) < 4.78 is 20.6. The number of nitrogens with one attached hydrogen (secondary N) is 1. The molecule has 1 aliphatic carbocycles. The van der Waals surface area contributed by atoms with Crippen LogP contribution in [0.5, 0.6) is 5.88 Å². The Morgan fingerprint density at radius 3 is 1.98 bits per heavy atom. The summed E-state index contributed by atoms with van der Waals surface area (Å²) in [4.78, 5) is 41.2. The molecule has 2 aromatic rings. The van der Waals surface area contributed by atoms with E-state index in [2.05, 4.69) is 89.6 Å². The molecule has 45 heavy (non-hydrogen) atoms. The Labute approximate surface area is 272 Å². The maximum atomic E-state index is 14.6. The molecule has 0 radical (unpaired) electrons. The Morgan fingerprint density at radius 1 is 0.911 bits per heavy atom. The maximum Gasteiger partial charge on any atom is 0.414 e. The molecule has 1 saturated carbocycles. The van der Waals surface area contributed by atoms with Gasteiger partial charge in [-0.2, -0.15) is 9.97 Å². The van der Waals surface area contributed by atoms with Crippen molar-refractivity contribution < 1.29 is 23.5 Å². The molecule has 2 heterocycles. The number of nitrogens with zero attached hydrogens (tertiary/aromatic N) is 4. The van der Waals surface area contributed by atoms with Crippen LogP contribution < -0.4 is 10.1 Å². The van der Waals surface area contributed by atoms with E-state index in [-0.39, 0.29) is 39.5 Å². The number of anilines is 1. The van der Waals surface area contributed by atoms with E-state index in [1.54, 1.807) is 27.1 Å². The quantitative estimate of drug-likeness (QED) is 0.232. The second-order valence-corrected chi connectivity index (χ2v) is 27.5. The molecule has 0 aromatic carbocycles. The van der Waals surface area contributed by atoms with Gasteiger partial charge in [-0.15, -0.1) is 0 Å². The number of imidazole rings is 1. The van der Waals surface area contributed by atoms with Crippen molar-refractivity contribution >= 4 is 45.0 Å². The number of ether oxygens (including phenoxy) is 2. The van der Waals surface area contributed by atoms with Gasteiger partial charge in [0.1, 0.15) is 24.7 Å². The second kappa shape index (κ2) is 11.9. The van der Waals surface area contributed by atoms with Crippen molar-refractivity contribution in [1.82, 2.24) is 19.5 Å². The average Bonchev–Trinajstić information content (AvgIpc) is 3.35. The van der Waals surface area contributed by atoms with Gasteiger partial charge >= 0.3 is 6.09 Å². The minimum absolute atomic E-state index is 0.0318. The van der Waals surface area contributed by atoms with Crippen LogP contribution in [0.4, 0.5) is 10.7 Å². The Bertz CT molecular complexity index is 1460. The molecule has 252 valence electrons. The van der Waals surface area contributed by atoms with Gasteiger partial charge in [0.05, 0.1) is 24.4 Å². The van der Waals surface area contributed by atoms with Crippen molar-refractivity contribution in [1.29, 1.82) is 0 Å². The van der Waals surface area contributed by atoms with Crippen molar-refractivity contribution in [3.8, 4) is 5.88 Å². The molecule has 1 N–H and O–H groups in total. The zero-order chi connectivity index (χ0) is 34.7. The third-order valence-electron chi connectivity index (χ3n) is 9.42. The molecule has 0 spiro atoms. The highest BCUT2D eigenvalue weighted by atomic mass is 28.4. The fourth-order valence-electron chi connectivity index (χ4n) is 4.94. The summed E-state index contributed by atoms with van der Waals surface area (Å²) in [7, 11) is -4.68. The number of carbonyl (C=O) groups excluding carboxylic acids is 2. The van der Waals surface area contributed by atoms with Gasteiger partial charge < -0.3 is 23.3 Å². The van der Waals surface area contributed by atoms with Gasteiger partial charge in [-0.1, -0.05) is 61.2 Å². The van der Waals surface area contributed by atoms with E-state index in [0.29, 0.717) is 17.6 Å². The molecule has 0 bridgehead atoms. The van der Waals surface area contributed by atoms with Gasteiger partial charge in [0.15, 0.2) is 19.5 Å². The first-order chi connectivity index (χ1) is 20.1. The molecular formula is C33H57N5O5Si2. The van der Waals surface area contributed by atoms with Gasteiger partial charge in [0.2, 0.25) is 11.8 Å². The Morgan fingerprint density at radius 2 is 1.49 bits per heavy atom.